The fourth-order valence-electron chi connectivity index (χ4n) is 0.387. The Morgan fingerprint density at radius 1 is 1.86 bits per heavy atom. The molecule has 0 aromatic rings. The third-order valence-corrected chi connectivity index (χ3v) is 0.743. The molecule has 1 saturated heterocycles. The highest BCUT2D eigenvalue weighted by Gasteiger charge is 2.18. The van der Waals surface area contributed by atoms with Crippen molar-refractivity contribution in [2.75, 3.05) is 6.61 Å². The Hall–Kier alpha value is -0.610. The minimum Gasteiger partial charge on any atom is -0.270 e. The number of carbonyl (C=O) groups is 1. The minimum absolute atomic E-state index is 0.264. The lowest BCUT2D eigenvalue weighted by molar-refractivity contribution is -0.291. The average Bonchev–Trinajstić information content (AvgIpc) is 1.91. The van der Waals surface area contributed by atoms with Gasteiger partial charge in [-0.2, -0.15) is 0 Å². The van der Waals surface area contributed by atoms with Gasteiger partial charge in [0.2, 0.25) is 0 Å². The minimum atomic E-state index is -0.375. The summed E-state index contributed by atoms with van der Waals surface area (Å²) in [7, 11) is 0. The molecule has 1 aliphatic rings. The second-order valence-electron chi connectivity index (χ2n) is 1.25. The lowest BCUT2D eigenvalue weighted by Crippen LogP contribution is -2.17. The molecule has 0 aliphatic carbocycles. The molecule has 0 spiro atoms. The first-order chi connectivity index (χ1) is 3.30. The van der Waals surface area contributed by atoms with E-state index in [1.165, 1.54) is 0 Å². The SMILES string of the molecule is O=C1CCON1O. The standard InChI is InChI=1S/C3H5NO3/c5-3-1-2-7-4(3)6/h6H,1-2H2. The Kier molecular flexibility index (Phi) is 0.958. The van der Waals surface area contributed by atoms with Crippen LogP contribution in [-0.2, 0) is 9.63 Å². The van der Waals surface area contributed by atoms with E-state index in [0.717, 1.165) is 0 Å². The van der Waals surface area contributed by atoms with Gasteiger partial charge in [0, 0.05) is 0 Å². The van der Waals surface area contributed by atoms with Crippen LogP contribution in [0.3, 0.4) is 0 Å². The average molecular weight is 103 g/mol. The molecule has 0 atom stereocenters. The van der Waals surface area contributed by atoms with E-state index in [-0.39, 0.29) is 17.6 Å². The van der Waals surface area contributed by atoms with Crippen LogP contribution in [0.25, 0.3) is 0 Å². The van der Waals surface area contributed by atoms with Gasteiger partial charge in [-0.3, -0.25) is 10.0 Å². The maximum absolute atomic E-state index is 10.1. The summed E-state index contributed by atoms with van der Waals surface area (Å²) in [6.07, 6.45) is 0.288. The molecule has 0 aromatic carbocycles. The highest BCUT2D eigenvalue weighted by molar-refractivity contribution is 5.75. The molecule has 4 nitrogen and oxygen atoms in total. The van der Waals surface area contributed by atoms with Crippen molar-refractivity contribution in [1.29, 1.82) is 0 Å². The highest BCUT2D eigenvalue weighted by Crippen LogP contribution is 2.00. The first-order valence-electron chi connectivity index (χ1n) is 1.95. The topological polar surface area (TPSA) is 49.8 Å². The smallest absolute Gasteiger partial charge is 0.270 e. The first-order valence-corrected chi connectivity index (χ1v) is 1.95. The molecular weight excluding hydrogens is 98.0 g/mol. The first kappa shape index (κ1) is 4.55. The predicted molar refractivity (Wildman–Crippen MR) is 19.2 cm³/mol. The van der Waals surface area contributed by atoms with E-state index in [4.69, 9.17) is 5.21 Å². The summed E-state index contributed by atoms with van der Waals surface area (Å²) in [6.45, 7) is 0.301. The lowest BCUT2D eigenvalue weighted by atomic mass is 10.5. The molecule has 40 valence electrons. The van der Waals surface area contributed by atoms with Crippen molar-refractivity contribution in [2.45, 2.75) is 6.42 Å². The van der Waals surface area contributed by atoms with Crippen LogP contribution in [0.5, 0.6) is 0 Å². The molecule has 1 N–H and O–H groups in total. The summed E-state index contributed by atoms with van der Waals surface area (Å²) in [5.41, 5.74) is 0. The van der Waals surface area contributed by atoms with Crippen LogP contribution in [0.2, 0.25) is 0 Å². The normalized spacial score (nSPS) is 21.3. The summed E-state index contributed by atoms with van der Waals surface area (Å²) < 4.78 is 0. The molecule has 1 fully saturated rings. The number of nitrogens with zero attached hydrogens (tertiary/aromatic N) is 1. The van der Waals surface area contributed by atoms with Crippen LogP contribution in [0.15, 0.2) is 0 Å². The van der Waals surface area contributed by atoms with Gasteiger partial charge in [-0.05, 0) is 0 Å². The van der Waals surface area contributed by atoms with E-state index in [1.807, 2.05) is 0 Å². The van der Waals surface area contributed by atoms with E-state index in [9.17, 15) is 4.79 Å². The van der Waals surface area contributed by atoms with E-state index in [2.05, 4.69) is 4.84 Å². The van der Waals surface area contributed by atoms with Gasteiger partial charge >= 0.3 is 0 Å². The van der Waals surface area contributed by atoms with Gasteiger partial charge in [-0.25, -0.2) is 4.84 Å². The molecule has 0 radical (unpaired) electrons. The molecular formula is C3H5NO3. The maximum Gasteiger partial charge on any atom is 0.275 e. The van der Waals surface area contributed by atoms with E-state index in [1.54, 1.807) is 0 Å². The van der Waals surface area contributed by atoms with Crippen molar-refractivity contribution in [3.63, 3.8) is 0 Å². The summed E-state index contributed by atoms with van der Waals surface area (Å²) >= 11 is 0. The number of hydroxylamine groups is 2. The Labute approximate surface area is 40.2 Å². The number of rotatable bonds is 0. The quantitative estimate of drug-likeness (QED) is 0.422. The molecule has 0 bridgehead atoms. The maximum atomic E-state index is 10.1. The zero-order chi connectivity index (χ0) is 5.28. The number of carbonyl (C=O) groups excluding carboxylic acids is 1. The van der Waals surface area contributed by atoms with Crippen molar-refractivity contribution in [2.24, 2.45) is 0 Å². The number of hydrogen-bond donors (Lipinski definition) is 1. The van der Waals surface area contributed by atoms with Crippen molar-refractivity contribution in [1.82, 2.24) is 5.23 Å². The van der Waals surface area contributed by atoms with Gasteiger partial charge in [0.05, 0.1) is 13.0 Å². The molecule has 1 rings (SSSR count). The summed E-state index contributed by atoms with van der Waals surface area (Å²) in [6, 6.07) is 0. The van der Waals surface area contributed by atoms with E-state index >= 15 is 0 Å². The Morgan fingerprint density at radius 2 is 2.57 bits per heavy atom. The molecule has 7 heavy (non-hydrogen) atoms. The largest absolute Gasteiger partial charge is 0.275 e. The highest BCUT2D eigenvalue weighted by atomic mass is 16.9. The Morgan fingerprint density at radius 3 is 2.71 bits per heavy atom. The van der Waals surface area contributed by atoms with E-state index < -0.39 is 0 Å². The van der Waals surface area contributed by atoms with Gasteiger partial charge in [-0.15, -0.1) is 0 Å². The predicted octanol–water partition coefficient (Wildman–Crippen LogP) is -0.461. The van der Waals surface area contributed by atoms with Gasteiger partial charge in [0.25, 0.3) is 5.91 Å². The van der Waals surface area contributed by atoms with Crippen molar-refractivity contribution in [3.8, 4) is 0 Å². The fourth-order valence-corrected chi connectivity index (χ4v) is 0.387. The molecule has 0 aromatic heterocycles. The van der Waals surface area contributed by atoms with Gasteiger partial charge in [0.1, 0.15) is 0 Å². The molecule has 4 heteroatoms. The van der Waals surface area contributed by atoms with Crippen molar-refractivity contribution in [3.05, 3.63) is 0 Å². The number of amides is 1. The molecule has 0 saturated carbocycles. The van der Waals surface area contributed by atoms with Crippen molar-refractivity contribution >= 4 is 5.91 Å². The monoisotopic (exact) mass is 103 g/mol. The van der Waals surface area contributed by atoms with Crippen LogP contribution >= 0.6 is 0 Å². The van der Waals surface area contributed by atoms with Gasteiger partial charge in [0.15, 0.2) is 0 Å². The molecule has 1 aliphatic heterocycles. The molecule has 0 unspecified atom stereocenters. The Balaban J connectivity index is 2.48. The zero-order valence-corrected chi connectivity index (χ0v) is 3.63. The van der Waals surface area contributed by atoms with E-state index in [0.29, 0.717) is 6.61 Å². The second kappa shape index (κ2) is 1.48. The summed E-state index contributed by atoms with van der Waals surface area (Å²) in [5.74, 6) is -0.375. The van der Waals surface area contributed by atoms with Gasteiger partial charge < -0.3 is 0 Å². The van der Waals surface area contributed by atoms with Crippen molar-refractivity contribution < 1.29 is 14.8 Å². The molecule has 1 heterocycles. The van der Waals surface area contributed by atoms with Crippen LogP contribution in [0.1, 0.15) is 6.42 Å². The summed E-state index contributed by atoms with van der Waals surface area (Å²) in [4.78, 5) is 14.4. The third kappa shape index (κ3) is 0.703. The van der Waals surface area contributed by atoms with Crippen LogP contribution < -0.4 is 0 Å². The van der Waals surface area contributed by atoms with Crippen LogP contribution in [-0.4, -0.2) is 22.9 Å². The zero-order valence-electron chi connectivity index (χ0n) is 3.63. The van der Waals surface area contributed by atoms with Crippen LogP contribution in [0, 0.1) is 0 Å². The van der Waals surface area contributed by atoms with Gasteiger partial charge in [-0.1, -0.05) is 5.23 Å². The lowest BCUT2D eigenvalue weighted by Gasteiger charge is -1.99. The Bertz CT molecular complexity index is 92.2. The fraction of sp³-hybridized carbons (Fsp3) is 0.667. The summed E-state index contributed by atoms with van der Waals surface area (Å²) in [5, 5.41) is 8.52. The number of hydrogen-bond acceptors (Lipinski definition) is 3. The third-order valence-electron chi connectivity index (χ3n) is 0.743. The second-order valence-corrected chi connectivity index (χ2v) is 1.25. The van der Waals surface area contributed by atoms with Crippen LogP contribution in [0.4, 0.5) is 0 Å². The molecule has 1 amide bonds.